The molecule has 0 unspecified atom stereocenters. The van der Waals surface area contributed by atoms with Crippen LogP contribution in [0.1, 0.15) is 38.5 Å². The van der Waals surface area contributed by atoms with E-state index in [1.807, 2.05) is 0 Å². The van der Waals surface area contributed by atoms with Crippen LogP contribution in [0.4, 0.5) is 13.2 Å². The first-order valence-corrected chi connectivity index (χ1v) is 6.08. The predicted octanol–water partition coefficient (Wildman–Crippen LogP) is 4.10. The Bertz CT molecular complexity index is 238. The number of thioether (sulfide) groups is 1. The van der Waals surface area contributed by atoms with Crippen LogP contribution in [0.5, 0.6) is 0 Å². The van der Waals surface area contributed by atoms with Crippen LogP contribution in [0.25, 0.3) is 0 Å². The van der Waals surface area contributed by atoms with Crippen molar-refractivity contribution in [3.8, 4) is 6.07 Å². The van der Waals surface area contributed by atoms with E-state index < -0.39 is 10.9 Å². The van der Waals surface area contributed by atoms with Crippen LogP contribution in [-0.2, 0) is 0 Å². The van der Waals surface area contributed by atoms with E-state index in [9.17, 15) is 13.2 Å². The first-order chi connectivity index (χ1) is 6.97. The normalized spacial score (nSPS) is 20.9. The lowest BCUT2D eigenvalue weighted by molar-refractivity contribution is -0.0329. The first-order valence-electron chi connectivity index (χ1n) is 5.09. The van der Waals surface area contributed by atoms with E-state index in [4.69, 9.17) is 5.26 Å². The van der Waals surface area contributed by atoms with Gasteiger partial charge in [-0.25, -0.2) is 0 Å². The summed E-state index contributed by atoms with van der Waals surface area (Å²) in [6, 6.07) is 2.22. The summed E-state index contributed by atoms with van der Waals surface area (Å²) in [5, 5.41) is 9.03. The zero-order valence-electron chi connectivity index (χ0n) is 8.44. The van der Waals surface area contributed by atoms with Gasteiger partial charge in [-0.15, -0.1) is 0 Å². The second-order valence-electron chi connectivity index (χ2n) is 4.00. The van der Waals surface area contributed by atoms with Gasteiger partial charge in [0.1, 0.15) is 0 Å². The minimum Gasteiger partial charge on any atom is -0.198 e. The largest absolute Gasteiger partial charge is 0.441 e. The Morgan fingerprint density at radius 1 is 1.20 bits per heavy atom. The van der Waals surface area contributed by atoms with Crippen molar-refractivity contribution in [2.45, 2.75) is 44.0 Å². The van der Waals surface area contributed by atoms with Crippen molar-refractivity contribution in [3.63, 3.8) is 0 Å². The third kappa shape index (κ3) is 4.33. The van der Waals surface area contributed by atoms with Gasteiger partial charge in [-0.1, -0.05) is 31.0 Å². The number of alkyl halides is 3. The maximum atomic E-state index is 11.9. The summed E-state index contributed by atoms with van der Waals surface area (Å²) >= 11 is -0.00998. The van der Waals surface area contributed by atoms with Crippen LogP contribution < -0.4 is 0 Å². The maximum Gasteiger partial charge on any atom is 0.441 e. The number of halogens is 3. The Hall–Kier alpha value is -0.370. The van der Waals surface area contributed by atoms with Crippen molar-refractivity contribution >= 4 is 11.8 Å². The molecule has 5 heteroatoms. The van der Waals surface area contributed by atoms with Gasteiger partial charge in [0.05, 0.1) is 11.5 Å². The van der Waals surface area contributed by atoms with Crippen molar-refractivity contribution in [1.82, 2.24) is 0 Å². The molecule has 86 valence electrons. The smallest absolute Gasteiger partial charge is 0.198 e. The SMILES string of the molecule is N#CC1(CCSC(F)(F)F)CCCCC1. The van der Waals surface area contributed by atoms with Gasteiger partial charge in [0, 0.05) is 5.75 Å². The van der Waals surface area contributed by atoms with Crippen molar-refractivity contribution in [2.75, 3.05) is 5.75 Å². The van der Waals surface area contributed by atoms with Gasteiger partial charge in [0.15, 0.2) is 0 Å². The maximum absolute atomic E-state index is 11.9. The molecule has 0 heterocycles. The van der Waals surface area contributed by atoms with Crippen LogP contribution in [0, 0.1) is 16.7 Å². The molecule has 0 saturated heterocycles. The third-order valence-electron chi connectivity index (χ3n) is 2.89. The van der Waals surface area contributed by atoms with Crippen LogP contribution >= 0.6 is 11.8 Å². The van der Waals surface area contributed by atoms with E-state index in [2.05, 4.69) is 6.07 Å². The standard InChI is InChI=1S/C10H14F3NS/c11-10(12,13)15-7-6-9(8-14)4-2-1-3-5-9/h1-7H2. The summed E-state index contributed by atoms with van der Waals surface area (Å²) in [5.74, 6) is 0.0110. The van der Waals surface area contributed by atoms with Gasteiger partial charge < -0.3 is 0 Å². The highest BCUT2D eigenvalue weighted by Gasteiger charge is 2.34. The van der Waals surface area contributed by atoms with Gasteiger partial charge in [-0.05, 0) is 19.3 Å². The second-order valence-corrected chi connectivity index (χ2v) is 5.16. The molecule has 0 amide bonds. The highest BCUT2D eigenvalue weighted by Crippen LogP contribution is 2.41. The molecule has 15 heavy (non-hydrogen) atoms. The van der Waals surface area contributed by atoms with E-state index in [0.29, 0.717) is 6.42 Å². The molecule has 0 bridgehead atoms. The average Bonchev–Trinajstić information content (AvgIpc) is 2.17. The Morgan fingerprint density at radius 3 is 2.27 bits per heavy atom. The summed E-state index contributed by atoms with van der Waals surface area (Å²) in [5.41, 5.74) is -4.64. The number of nitriles is 1. The molecule has 0 aromatic carbocycles. The second kappa shape index (κ2) is 5.11. The van der Waals surface area contributed by atoms with E-state index in [1.165, 1.54) is 0 Å². The van der Waals surface area contributed by atoms with Gasteiger partial charge in [0.25, 0.3) is 0 Å². The zero-order chi connectivity index (χ0) is 11.4. The molecular weight excluding hydrogens is 223 g/mol. The minimum absolute atomic E-state index is 0.00998. The highest BCUT2D eigenvalue weighted by atomic mass is 32.2. The van der Waals surface area contributed by atoms with Crippen molar-refractivity contribution in [2.24, 2.45) is 5.41 Å². The van der Waals surface area contributed by atoms with E-state index in [0.717, 1.165) is 32.1 Å². The molecule has 0 atom stereocenters. The lowest BCUT2D eigenvalue weighted by Crippen LogP contribution is -2.23. The van der Waals surface area contributed by atoms with Crippen LogP contribution in [0.15, 0.2) is 0 Å². The summed E-state index contributed by atoms with van der Waals surface area (Å²) in [6.45, 7) is 0. The van der Waals surface area contributed by atoms with E-state index in [1.54, 1.807) is 0 Å². The molecule has 1 aliphatic carbocycles. The Labute approximate surface area is 92.0 Å². The molecule has 1 aliphatic rings. The molecule has 0 aromatic rings. The molecule has 1 nitrogen and oxygen atoms in total. The minimum atomic E-state index is -4.16. The van der Waals surface area contributed by atoms with Gasteiger partial charge in [-0.2, -0.15) is 18.4 Å². The topological polar surface area (TPSA) is 23.8 Å². The third-order valence-corrected chi connectivity index (χ3v) is 3.63. The molecule has 1 fully saturated rings. The monoisotopic (exact) mass is 237 g/mol. The average molecular weight is 237 g/mol. The van der Waals surface area contributed by atoms with Crippen LogP contribution in [0.3, 0.4) is 0 Å². The van der Waals surface area contributed by atoms with Crippen LogP contribution in [-0.4, -0.2) is 11.3 Å². The Balaban J connectivity index is 2.37. The number of rotatable bonds is 3. The molecule has 0 spiro atoms. The van der Waals surface area contributed by atoms with E-state index in [-0.39, 0.29) is 17.5 Å². The van der Waals surface area contributed by atoms with Crippen molar-refractivity contribution in [3.05, 3.63) is 0 Å². The first kappa shape index (κ1) is 12.7. The fourth-order valence-corrected chi connectivity index (χ4v) is 2.73. The Kier molecular flexibility index (Phi) is 4.32. The predicted molar refractivity (Wildman–Crippen MR) is 54.3 cm³/mol. The summed E-state index contributed by atoms with van der Waals surface area (Å²) in [4.78, 5) is 0. The summed E-state index contributed by atoms with van der Waals surface area (Å²) in [7, 11) is 0. The fourth-order valence-electron chi connectivity index (χ4n) is 2.01. The van der Waals surface area contributed by atoms with Gasteiger partial charge in [0.2, 0.25) is 0 Å². The molecular formula is C10H14F3NS. The summed E-state index contributed by atoms with van der Waals surface area (Å²) < 4.78 is 35.8. The molecule has 0 radical (unpaired) electrons. The Morgan fingerprint density at radius 2 is 1.80 bits per heavy atom. The van der Waals surface area contributed by atoms with Gasteiger partial charge >= 0.3 is 5.51 Å². The number of nitrogens with zero attached hydrogens (tertiary/aromatic N) is 1. The van der Waals surface area contributed by atoms with Crippen molar-refractivity contribution in [1.29, 1.82) is 5.26 Å². The van der Waals surface area contributed by atoms with Gasteiger partial charge in [-0.3, -0.25) is 0 Å². The quantitative estimate of drug-likeness (QED) is 0.737. The number of hydrogen-bond acceptors (Lipinski definition) is 2. The summed E-state index contributed by atoms with van der Waals surface area (Å²) in [6.07, 6.45) is 4.96. The molecule has 0 aliphatic heterocycles. The zero-order valence-corrected chi connectivity index (χ0v) is 9.26. The van der Waals surface area contributed by atoms with Crippen molar-refractivity contribution < 1.29 is 13.2 Å². The number of hydrogen-bond donors (Lipinski definition) is 0. The lowest BCUT2D eigenvalue weighted by atomic mass is 9.73. The molecule has 1 rings (SSSR count). The van der Waals surface area contributed by atoms with E-state index >= 15 is 0 Å². The molecule has 0 aromatic heterocycles. The lowest BCUT2D eigenvalue weighted by Gasteiger charge is -2.30. The fraction of sp³-hybridized carbons (Fsp3) is 0.900. The highest BCUT2D eigenvalue weighted by molar-refractivity contribution is 8.00. The molecule has 1 saturated carbocycles. The molecule has 0 N–H and O–H groups in total. The van der Waals surface area contributed by atoms with Crippen LogP contribution in [0.2, 0.25) is 0 Å².